The molecule has 1 saturated heterocycles. The van der Waals surface area contributed by atoms with Gasteiger partial charge in [0, 0.05) is 44.3 Å². The lowest BCUT2D eigenvalue weighted by atomic mass is 10.2. The third kappa shape index (κ3) is 4.07. The number of hydrogen-bond donors (Lipinski definition) is 0. The van der Waals surface area contributed by atoms with Crippen molar-refractivity contribution in [2.75, 3.05) is 31.1 Å². The third-order valence-electron chi connectivity index (χ3n) is 4.26. The third-order valence-corrected chi connectivity index (χ3v) is 4.26. The Balaban J connectivity index is 1.54. The van der Waals surface area contributed by atoms with Crippen molar-refractivity contribution in [1.29, 1.82) is 5.26 Å². The summed E-state index contributed by atoms with van der Waals surface area (Å²) in [5, 5.41) is 8.81. The van der Waals surface area contributed by atoms with Crippen molar-refractivity contribution in [1.82, 2.24) is 9.88 Å². The van der Waals surface area contributed by atoms with Crippen molar-refractivity contribution >= 4 is 11.6 Å². The zero-order chi connectivity index (χ0) is 17.6. The molecule has 1 aromatic heterocycles. The van der Waals surface area contributed by atoms with Crippen LogP contribution in [-0.4, -0.2) is 48.1 Å². The van der Waals surface area contributed by atoms with Gasteiger partial charge in [-0.2, -0.15) is 5.26 Å². The Bertz CT molecular complexity index is 747. The van der Waals surface area contributed by atoms with Gasteiger partial charge < -0.3 is 14.5 Å². The fourth-order valence-corrected chi connectivity index (χ4v) is 2.86. The molecule has 1 amide bonds. The topological polar surface area (TPSA) is 69.5 Å². The van der Waals surface area contributed by atoms with Gasteiger partial charge in [0.1, 0.15) is 5.75 Å². The number of ether oxygens (including phenoxy) is 1. The van der Waals surface area contributed by atoms with E-state index in [0.717, 1.165) is 18.8 Å². The highest BCUT2D eigenvalue weighted by Crippen LogP contribution is 2.17. The molecule has 0 N–H and O–H groups in total. The van der Waals surface area contributed by atoms with Crippen molar-refractivity contribution in [3.05, 3.63) is 54.4 Å². The monoisotopic (exact) mass is 336 g/mol. The minimum Gasteiger partial charge on any atom is -0.481 e. The van der Waals surface area contributed by atoms with Crippen LogP contribution in [0.3, 0.4) is 0 Å². The number of amides is 1. The second-order valence-electron chi connectivity index (χ2n) is 5.91. The SMILES string of the molecule is CC(Oc1ccc(C#N)cc1)C(=O)N1CCN(c2ccncc2)CC1. The van der Waals surface area contributed by atoms with Gasteiger partial charge in [-0.1, -0.05) is 0 Å². The molecule has 1 unspecified atom stereocenters. The van der Waals surface area contributed by atoms with E-state index >= 15 is 0 Å². The number of aromatic nitrogens is 1. The van der Waals surface area contributed by atoms with E-state index in [1.807, 2.05) is 17.0 Å². The van der Waals surface area contributed by atoms with Gasteiger partial charge in [0.15, 0.2) is 6.10 Å². The van der Waals surface area contributed by atoms with E-state index in [9.17, 15) is 4.79 Å². The summed E-state index contributed by atoms with van der Waals surface area (Å²) in [5.41, 5.74) is 1.70. The molecule has 0 saturated carbocycles. The maximum absolute atomic E-state index is 12.6. The molecule has 0 spiro atoms. The van der Waals surface area contributed by atoms with Crippen LogP contribution in [0, 0.1) is 11.3 Å². The van der Waals surface area contributed by atoms with Gasteiger partial charge in [0.2, 0.25) is 0 Å². The van der Waals surface area contributed by atoms with Gasteiger partial charge in [-0.05, 0) is 43.3 Å². The summed E-state index contributed by atoms with van der Waals surface area (Å²) in [6.45, 7) is 4.68. The standard InChI is InChI=1S/C19H20N4O2/c1-15(25-18-4-2-16(14-20)3-5-18)19(24)23-12-10-22(11-13-23)17-6-8-21-9-7-17/h2-9,15H,10-13H2,1H3. The lowest BCUT2D eigenvalue weighted by Gasteiger charge is -2.37. The lowest BCUT2D eigenvalue weighted by Crippen LogP contribution is -2.52. The van der Waals surface area contributed by atoms with Crippen LogP contribution >= 0.6 is 0 Å². The molecule has 1 aliphatic heterocycles. The van der Waals surface area contributed by atoms with Crippen molar-refractivity contribution in [3.8, 4) is 11.8 Å². The molecule has 6 heteroatoms. The normalized spacial score (nSPS) is 15.4. The Morgan fingerprint density at radius 1 is 1.12 bits per heavy atom. The molecule has 0 aliphatic carbocycles. The first kappa shape index (κ1) is 16.8. The minimum absolute atomic E-state index is 0.0151. The Kier molecular flexibility index (Phi) is 5.14. The van der Waals surface area contributed by atoms with E-state index in [2.05, 4.69) is 16.0 Å². The van der Waals surface area contributed by atoms with Crippen LogP contribution in [0.4, 0.5) is 5.69 Å². The lowest BCUT2D eigenvalue weighted by molar-refractivity contribution is -0.138. The molecule has 1 fully saturated rings. The molecule has 25 heavy (non-hydrogen) atoms. The Hall–Kier alpha value is -3.07. The van der Waals surface area contributed by atoms with Gasteiger partial charge in [-0.25, -0.2) is 0 Å². The van der Waals surface area contributed by atoms with Gasteiger partial charge in [0.05, 0.1) is 11.6 Å². The second-order valence-corrected chi connectivity index (χ2v) is 5.91. The van der Waals surface area contributed by atoms with Crippen LogP contribution in [0.15, 0.2) is 48.8 Å². The van der Waals surface area contributed by atoms with E-state index in [1.165, 1.54) is 0 Å². The number of rotatable bonds is 4. The zero-order valence-corrected chi connectivity index (χ0v) is 14.1. The summed E-state index contributed by atoms with van der Waals surface area (Å²) >= 11 is 0. The number of anilines is 1. The molecule has 0 bridgehead atoms. The molecule has 1 atom stereocenters. The number of carbonyl (C=O) groups is 1. The summed E-state index contributed by atoms with van der Waals surface area (Å²) in [4.78, 5) is 20.7. The summed E-state index contributed by atoms with van der Waals surface area (Å²) in [5.74, 6) is 0.578. The number of nitriles is 1. The predicted octanol–water partition coefficient (Wildman–Crippen LogP) is 2.07. The number of piperazine rings is 1. The van der Waals surface area contributed by atoms with E-state index in [-0.39, 0.29) is 5.91 Å². The average molecular weight is 336 g/mol. The molecule has 6 nitrogen and oxygen atoms in total. The number of pyridine rings is 1. The molecule has 128 valence electrons. The number of hydrogen-bond acceptors (Lipinski definition) is 5. The first-order chi connectivity index (χ1) is 12.2. The van der Waals surface area contributed by atoms with E-state index in [4.69, 9.17) is 10.00 Å². The van der Waals surface area contributed by atoms with E-state index in [0.29, 0.717) is 24.4 Å². The highest BCUT2D eigenvalue weighted by molar-refractivity contribution is 5.81. The molecule has 0 radical (unpaired) electrons. The second kappa shape index (κ2) is 7.67. The van der Waals surface area contributed by atoms with Gasteiger partial charge >= 0.3 is 0 Å². The minimum atomic E-state index is -0.555. The maximum atomic E-state index is 12.6. The van der Waals surface area contributed by atoms with Crippen LogP contribution in [0.5, 0.6) is 5.75 Å². The fourth-order valence-electron chi connectivity index (χ4n) is 2.86. The summed E-state index contributed by atoms with van der Waals surface area (Å²) in [6, 6.07) is 12.8. The highest BCUT2D eigenvalue weighted by atomic mass is 16.5. The van der Waals surface area contributed by atoms with Gasteiger partial charge in [0.25, 0.3) is 5.91 Å². The van der Waals surface area contributed by atoms with Crippen LogP contribution < -0.4 is 9.64 Å². The van der Waals surface area contributed by atoms with Gasteiger partial charge in [-0.15, -0.1) is 0 Å². The maximum Gasteiger partial charge on any atom is 0.263 e. The van der Waals surface area contributed by atoms with Crippen LogP contribution in [-0.2, 0) is 4.79 Å². The van der Waals surface area contributed by atoms with Crippen LogP contribution in [0.25, 0.3) is 0 Å². The average Bonchev–Trinajstić information content (AvgIpc) is 2.69. The Morgan fingerprint density at radius 3 is 2.36 bits per heavy atom. The van der Waals surface area contributed by atoms with E-state index in [1.54, 1.807) is 43.6 Å². The largest absolute Gasteiger partial charge is 0.481 e. The van der Waals surface area contributed by atoms with Crippen molar-refractivity contribution < 1.29 is 9.53 Å². The van der Waals surface area contributed by atoms with E-state index < -0.39 is 6.10 Å². The molecule has 2 aromatic rings. The molecule has 1 aromatic carbocycles. The first-order valence-corrected chi connectivity index (χ1v) is 8.28. The smallest absolute Gasteiger partial charge is 0.263 e. The van der Waals surface area contributed by atoms with Crippen molar-refractivity contribution in [3.63, 3.8) is 0 Å². The molecular weight excluding hydrogens is 316 g/mol. The van der Waals surface area contributed by atoms with Crippen molar-refractivity contribution in [2.24, 2.45) is 0 Å². The predicted molar refractivity (Wildman–Crippen MR) is 94.3 cm³/mol. The van der Waals surface area contributed by atoms with Gasteiger partial charge in [-0.3, -0.25) is 9.78 Å². The Labute approximate surface area is 147 Å². The van der Waals surface area contributed by atoms with Crippen molar-refractivity contribution in [2.45, 2.75) is 13.0 Å². The molecule has 3 rings (SSSR count). The first-order valence-electron chi connectivity index (χ1n) is 8.28. The summed E-state index contributed by atoms with van der Waals surface area (Å²) in [6.07, 6.45) is 3.00. The summed E-state index contributed by atoms with van der Waals surface area (Å²) in [7, 11) is 0. The number of benzene rings is 1. The number of nitrogens with zero attached hydrogens (tertiary/aromatic N) is 4. The summed E-state index contributed by atoms with van der Waals surface area (Å²) < 4.78 is 5.72. The molecular formula is C19H20N4O2. The fraction of sp³-hybridized carbons (Fsp3) is 0.316. The Morgan fingerprint density at radius 2 is 1.76 bits per heavy atom. The molecule has 2 heterocycles. The quantitative estimate of drug-likeness (QED) is 0.855. The highest BCUT2D eigenvalue weighted by Gasteiger charge is 2.26. The van der Waals surface area contributed by atoms with Crippen LogP contribution in [0.2, 0.25) is 0 Å². The van der Waals surface area contributed by atoms with Crippen LogP contribution in [0.1, 0.15) is 12.5 Å². The molecule has 1 aliphatic rings. The number of carbonyl (C=O) groups excluding carboxylic acids is 1. The zero-order valence-electron chi connectivity index (χ0n) is 14.1.